The third kappa shape index (κ3) is 2.85. The second-order valence-electron chi connectivity index (χ2n) is 5.85. The van der Waals surface area contributed by atoms with Gasteiger partial charge in [0.2, 0.25) is 0 Å². The Bertz CT molecular complexity index is 451. The normalized spacial score (nSPS) is 18.5. The van der Waals surface area contributed by atoms with E-state index < -0.39 is 0 Å². The lowest BCUT2D eigenvalue weighted by Crippen LogP contribution is -2.26. The van der Waals surface area contributed by atoms with Crippen molar-refractivity contribution in [2.45, 2.75) is 31.7 Å². The maximum Gasteiger partial charge on any atom is 0.273 e. The van der Waals surface area contributed by atoms with Crippen LogP contribution in [-0.2, 0) is 0 Å². The van der Waals surface area contributed by atoms with E-state index in [9.17, 15) is 4.79 Å². The van der Waals surface area contributed by atoms with Gasteiger partial charge in [-0.15, -0.1) is 10.2 Å². The highest BCUT2D eigenvalue weighted by Gasteiger charge is 2.41. The summed E-state index contributed by atoms with van der Waals surface area (Å²) in [6.45, 7) is 0. The molecule has 1 heterocycles. The van der Waals surface area contributed by atoms with Crippen molar-refractivity contribution in [2.75, 3.05) is 19.4 Å². The lowest BCUT2D eigenvalue weighted by Gasteiger charge is -2.18. The van der Waals surface area contributed by atoms with Gasteiger partial charge < -0.3 is 10.2 Å². The van der Waals surface area contributed by atoms with Crippen LogP contribution in [0.2, 0.25) is 0 Å². The fourth-order valence-electron chi connectivity index (χ4n) is 2.45. The zero-order valence-corrected chi connectivity index (χ0v) is 11.5. The van der Waals surface area contributed by atoms with Gasteiger partial charge in [0.15, 0.2) is 5.69 Å². The summed E-state index contributed by atoms with van der Waals surface area (Å²) in [5.74, 6) is 2.31. The van der Waals surface area contributed by atoms with Crippen LogP contribution in [0.4, 0.5) is 5.82 Å². The van der Waals surface area contributed by atoms with Crippen molar-refractivity contribution in [1.29, 1.82) is 0 Å². The Morgan fingerprint density at radius 3 is 2.26 bits per heavy atom. The minimum atomic E-state index is -0.111. The number of rotatable bonds is 5. The summed E-state index contributed by atoms with van der Waals surface area (Å²) in [5.41, 5.74) is 0.393. The van der Waals surface area contributed by atoms with Gasteiger partial charge >= 0.3 is 0 Å². The number of amides is 1. The van der Waals surface area contributed by atoms with E-state index in [4.69, 9.17) is 0 Å². The lowest BCUT2D eigenvalue weighted by molar-refractivity contribution is 0.0821. The van der Waals surface area contributed by atoms with Crippen LogP contribution in [0.15, 0.2) is 12.1 Å². The zero-order valence-electron chi connectivity index (χ0n) is 11.5. The van der Waals surface area contributed by atoms with Crippen molar-refractivity contribution in [3.8, 4) is 0 Å². The molecular weight excluding hydrogens is 240 g/mol. The van der Waals surface area contributed by atoms with Gasteiger partial charge in [0.05, 0.1) is 0 Å². The van der Waals surface area contributed by atoms with Crippen molar-refractivity contribution < 1.29 is 4.79 Å². The first-order chi connectivity index (χ1) is 9.15. The molecule has 1 N–H and O–H groups in total. The fraction of sp³-hybridized carbons (Fsp3) is 0.643. The predicted octanol–water partition coefficient (Wildman–Crippen LogP) is 1.78. The van der Waals surface area contributed by atoms with Gasteiger partial charge in [0.25, 0.3) is 5.91 Å². The summed E-state index contributed by atoms with van der Waals surface area (Å²) in [5, 5.41) is 11.6. The van der Waals surface area contributed by atoms with E-state index in [2.05, 4.69) is 15.5 Å². The Kier molecular flexibility index (Phi) is 3.12. The molecule has 0 aromatic carbocycles. The van der Waals surface area contributed by atoms with E-state index in [0.29, 0.717) is 11.7 Å². The van der Waals surface area contributed by atoms with Crippen LogP contribution in [0.3, 0.4) is 0 Å². The third-order valence-corrected chi connectivity index (χ3v) is 3.86. The van der Waals surface area contributed by atoms with Crippen LogP contribution in [0, 0.1) is 11.8 Å². The first kappa shape index (κ1) is 12.4. The van der Waals surface area contributed by atoms with Crippen molar-refractivity contribution in [2.24, 2.45) is 11.8 Å². The Balaban J connectivity index is 1.66. The molecule has 19 heavy (non-hydrogen) atoms. The molecule has 2 aliphatic carbocycles. The minimum absolute atomic E-state index is 0.111. The van der Waals surface area contributed by atoms with Gasteiger partial charge in [0, 0.05) is 20.1 Å². The smallest absolute Gasteiger partial charge is 0.273 e. The molecule has 2 fully saturated rings. The van der Waals surface area contributed by atoms with Gasteiger partial charge in [-0.1, -0.05) is 0 Å². The quantitative estimate of drug-likeness (QED) is 0.876. The van der Waals surface area contributed by atoms with Crippen LogP contribution in [-0.4, -0.2) is 41.1 Å². The first-order valence-corrected chi connectivity index (χ1v) is 6.97. The summed E-state index contributed by atoms with van der Waals surface area (Å²) in [6.07, 6.45) is 5.33. The predicted molar refractivity (Wildman–Crippen MR) is 72.9 cm³/mol. The number of carbonyl (C=O) groups is 1. The van der Waals surface area contributed by atoms with Crippen molar-refractivity contribution in [1.82, 2.24) is 15.1 Å². The molecular formula is C14H20N4O. The van der Waals surface area contributed by atoms with E-state index in [1.807, 2.05) is 6.07 Å². The Labute approximate surface area is 113 Å². The summed E-state index contributed by atoms with van der Waals surface area (Å²) >= 11 is 0. The van der Waals surface area contributed by atoms with E-state index in [1.54, 1.807) is 20.2 Å². The fourth-order valence-corrected chi connectivity index (χ4v) is 2.45. The van der Waals surface area contributed by atoms with Crippen molar-refractivity contribution in [3.05, 3.63) is 17.8 Å². The van der Waals surface area contributed by atoms with Crippen LogP contribution in [0.25, 0.3) is 0 Å². The number of hydrogen-bond acceptors (Lipinski definition) is 4. The molecule has 5 heteroatoms. The van der Waals surface area contributed by atoms with E-state index in [-0.39, 0.29) is 5.91 Å². The maximum absolute atomic E-state index is 11.7. The molecule has 0 atom stereocenters. The van der Waals surface area contributed by atoms with Gasteiger partial charge in [-0.3, -0.25) is 4.79 Å². The molecule has 1 amide bonds. The number of aromatic nitrogens is 2. The van der Waals surface area contributed by atoms with Crippen LogP contribution in [0.5, 0.6) is 0 Å². The summed E-state index contributed by atoms with van der Waals surface area (Å²) in [6, 6.07) is 4.17. The minimum Gasteiger partial charge on any atom is -0.365 e. The molecule has 0 bridgehead atoms. The summed E-state index contributed by atoms with van der Waals surface area (Å²) in [4.78, 5) is 13.2. The number of nitrogens with one attached hydrogen (secondary N) is 1. The number of anilines is 1. The molecule has 5 nitrogen and oxygen atoms in total. The second-order valence-corrected chi connectivity index (χ2v) is 5.85. The monoisotopic (exact) mass is 260 g/mol. The van der Waals surface area contributed by atoms with Gasteiger partial charge in [0.1, 0.15) is 5.82 Å². The maximum atomic E-state index is 11.7. The van der Waals surface area contributed by atoms with Crippen molar-refractivity contribution in [3.63, 3.8) is 0 Å². The number of nitrogens with zero attached hydrogens (tertiary/aromatic N) is 3. The molecule has 0 unspecified atom stereocenters. The molecule has 102 valence electrons. The Morgan fingerprint density at radius 1 is 1.21 bits per heavy atom. The lowest BCUT2D eigenvalue weighted by atomic mass is 10.1. The Morgan fingerprint density at radius 2 is 1.84 bits per heavy atom. The molecule has 2 saturated carbocycles. The molecule has 1 aromatic rings. The largest absolute Gasteiger partial charge is 0.365 e. The molecule has 2 aliphatic rings. The van der Waals surface area contributed by atoms with Crippen LogP contribution in [0.1, 0.15) is 36.2 Å². The second kappa shape index (κ2) is 4.79. The average molecular weight is 260 g/mol. The highest BCUT2D eigenvalue weighted by Crippen LogP contribution is 2.45. The van der Waals surface area contributed by atoms with Crippen molar-refractivity contribution >= 4 is 11.7 Å². The van der Waals surface area contributed by atoms with E-state index >= 15 is 0 Å². The summed E-state index contributed by atoms with van der Waals surface area (Å²) in [7, 11) is 3.43. The topological polar surface area (TPSA) is 58.1 Å². The van der Waals surface area contributed by atoms with E-state index in [0.717, 1.165) is 17.7 Å². The highest BCUT2D eigenvalue weighted by molar-refractivity contribution is 5.91. The highest BCUT2D eigenvalue weighted by atomic mass is 16.2. The SMILES string of the molecule is CN(C)C(=O)c1ccc(NC(C2CC2)C2CC2)nn1. The third-order valence-electron chi connectivity index (χ3n) is 3.86. The number of carbonyl (C=O) groups excluding carboxylic acids is 1. The van der Waals surface area contributed by atoms with Gasteiger partial charge in [-0.05, 0) is 49.7 Å². The molecule has 0 saturated heterocycles. The molecule has 0 spiro atoms. The molecule has 3 rings (SSSR count). The molecule has 0 radical (unpaired) electrons. The summed E-state index contributed by atoms with van der Waals surface area (Å²) < 4.78 is 0. The number of hydrogen-bond donors (Lipinski definition) is 1. The van der Waals surface area contributed by atoms with Crippen LogP contribution >= 0.6 is 0 Å². The first-order valence-electron chi connectivity index (χ1n) is 6.97. The molecule has 1 aromatic heterocycles. The average Bonchev–Trinajstić information content (AvgIpc) is 3.29. The van der Waals surface area contributed by atoms with E-state index in [1.165, 1.54) is 30.6 Å². The standard InChI is InChI=1S/C14H20N4O/c1-18(2)14(19)11-7-8-12(17-16-11)15-13(9-3-4-9)10-5-6-10/h7-10,13H,3-6H2,1-2H3,(H,15,17). The van der Waals surface area contributed by atoms with Gasteiger partial charge in [-0.2, -0.15) is 0 Å². The Hall–Kier alpha value is -1.65. The molecule has 0 aliphatic heterocycles. The van der Waals surface area contributed by atoms with Crippen LogP contribution < -0.4 is 5.32 Å². The zero-order chi connectivity index (χ0) is 13.4. The van der Waals surface area contributed by atoms with Gasteiger partial charge in [-0.25, -0.2) is 0 Å².